The highest BCUT2D eigenvalue weighted by Gasteiger charge is 2.12. The molecule has 3 nitrogen and oxygen atoms in total. The Hall–Kier alpha value is -2.13. The van der Waals surface area contributed by atoms with Crippen LogP contribution < -0.4 is 0 Å². The lowest BCUT2D eigenvalue weighted by Crippen LogP contribution is -1.99. The summed E-state index contributed by atoms with van der Waals surface area (Å²) in [5, 5.41) is 4.45. The van der Waals surface area contributed by atoms with Crippen LogP contribution in [0.25, 0.3) is 17.1 Å². The van der Waals surface area contributed by atoms with Crippen LogP contribution in [0.4, 0.5) is 0 Å². The van der Waals surface area contributed by atoms with Crippen molar-refractivity contribution in [1.29, 1.82) is 0 Å². The van der Waals surface area contributed by atoms with Gasteiger partial charge in [0.05, 0.1) is 11.6 Å². The summed E-state index contributed by atoms with van der Waals surface area (Å²) in [6.45, 7) is 0. The average Bonchev–Trinajstić information content (AvgIpc) is 2.93. The summed E-state index contributed by atoms with van der Waals surface area (Å²) in [6.07, 6.45) is 0. The van der Waals surface area contributed by atoms with Crippen LogP contribution in [-0.2, 0) is 5.88 Å². The van der Waals surface area contributed by atoms with E-state index in [9.17, 15) is 0 Å². The number of rotatable bonds is 3. The van der Waals surface area contributed by atoms with Gasteiger partial charge in [0.1, 0.15) is 0 Å². The molecule has 1 heterocycles. The zero-order valence-electron chi connectivity index (χ0n) is 10.2. The van der Waals surface area contributed by atoms with Gasteiger partial charge in [0.15, 0.2) is 11.6 Å². The van der Waals surface area contributed by atoms with Gasteiger partial charge in [-0.05, 0) is 12.1 Å². The van der Waals surface area contributed by atoms with Gasteiger partial charge in [-0.15, -0.1) is 16.7 Å². The molecule has 0 saturated heterocycles. The number of aromatic nitrogens is 3. The molecule has 0 spiro atoms. The van der Waals surface area contributed by atoms with Gasteiger partial charge in [-0.3, -0.25) is 0 Å². The third kappa shape index (κ3) is 2.37. The maximum Gasteiger partial charge on any atom is 0.166 e. The van der Waals surface area contributed by atoms with E-state index in [0.29, 0.717) is 11.7 Å². The van der Waals surface area contributed by atoms with E-state index < -0.39 is 0 Å². The first kappa shape index (κ1) is 11.9. The van der Waals surface area contributed by atoms with Gasteiger partial charge < -0.3 is 0 Å². The number of hydrogen-bond acceptors (Lipinski definition) is 2. The van der Waals surface area contributed by atoms with E-state index in [4.69, 9.17) is 11.6 Å². The topological polar surface area (TPSA) is 30.7 Å². The van der Waals surface area contributed by atoms with Gasteiger partial charge in [-0.1, -0.05) is 48.5 Å². The third-order valence-electron chi connectivity index (χ3n) is 2.80. The Morgan fingerprint density at radius 2 is 1.53 bits per heavy atom. The molecule has 0 amide bonds. The Morgan fingerprint density at radius 1 is 0.895 bits per heavy atom. The van der Waals surface area contributed by atoms with Crippen molar-refractivity contribution in [3.63, 3.8) is 0 Å². The van der Waals surface area contributed by atoms with Crippen LogP contribution in [0.2, 0.25) is 0 Å². The second-order valence-corrected chi connectivity index (χ2v) is 4.37. The molecule has 0 bridgehead atoms. The van der Waals surface area contributed by atoms with Crippen LogP contribution in [0.5, 0.6) is 0 Å². The van der Waals surface area contributed by atoms with Crippen LogP contribution >= 0.6 is 11.6 Å². The molecular formula is C15H12ClN3. The Kier molecular flexibility index (Phi) is 3.29. The van der Waals surface area contributed by atoms with Crippen molar-refractivity contribution >= 4 is 11.6 Å². The smallest absolute Gasteiger partial charge is 0.166 e. The van der Waals surface area contributed by atoms with Crippen molar-refractivity contribution in [2.45, 2.75) is 5.88 Å². The normalized spacial score (nSPS) is 10.6. The standard InChI is InChI=1S/C15H12ClN3/c16-11-14-17-15(12-7-3-1-4-8-12)19(18-14)13-9-5-2-6-10-13/h1-10H,11H2. The number of benzene rings is 2. The van der Waals surface area contributed by atoms with Gasteiger partial charge in [0.25, 0.3) is 0 Å². The van der Waals surface area contributed by atoms with Crippen molar-refractivity contribution < 1.29 is 0 Å². The number of para-hydroxylation sites is 1. The SMILES string of the molecule is ClCc1nc(-c2ccccc2)n(-c2ccccc2)n1. The van der Waals surface area contributed by atoms with Gasteiger partial charge in [-0.2, -0.15) is 0 Å². The second-order valence-electron chi connectivity index (χ2n) is 4.10. The molecule has 0 atom stereocenters. The Labute approximate surface area is 116 Å². The first-order valence-corrected chi connectivity index (χ1v) is 6.54. The Balaban J connectivity index is 2.17. The first-order valence-electron chi connectivity index (χ1n) is 6.01. The molecule has 0 aliphatic carbocycles. The summed E-state index contributed by atoms with van der Waals surface area (Å²) >= 11 is 5.85. The maximum atomic E-state index is 5.85. The minimum Gasteiger partial charge on any atom is -0.213 e. The van der Waals surface area contributed by atoms with Gasteiger partial charge >= 0.3 is 0 Å². The van der Waals surface area contributed by atoms with E-state index in [1.54, 1.807) is 0 Å². The average molecular weight is 270 g/mol. The molecule has 94 valence electrons. The lowest BCUT2D eigenvalue weighted by atomic mass is 10.2. The van der Waals surface area contributed by atoms with E-state index in [-0.39, 0.29) is 0 Å². The number of halogens is 1. The molecule has 0 aliphatic rings. The molecule has 0 N–H and O–H groups in total. The van der Waals surface area contributed by atoms with Gasteiger partial charge in [0, 0.05) is 5.56 Å². The molecule has 0 saturated carbocycles. The Morgan fingerprint density at radius 3 is 2.16 bits per heavy atom. The molecule has 19 heavy (non-hydrogen) atoms. The highest BCUT2D eigenvalue weighted by molar-refractivity contribution is 6.16. The van der Waals surface area contributed by atoms with Crippen LogP contribution in [-0.4, -0.2) is 14.8 Å². The van der Waals surface area contributed by atoms with E-state index in [1.807, 2.05) is 65.3 Å². The Bertz CT molecular complexity index is 605. The zero-order chi connectivity index (χ0) is 13.1. The fraction of sp³-hybridized carbons (Fsp3) is 0.0667. The number of hydrogen-bond donors (Lipinski definition) is 0. The summed E-state index contributed by atoms with van der Waals surface area (Å²) in [5.74, 6) is 1.74. The second kappa shape index (κ2) is 5.24. The number of alkyl halides is 1. The lowest BCUT2D eigenvalue weighted by molar-refractivity contribution is 0.865. The minimum absolute atomic E-state index is 0.305. The molecule has 3 aromatic rings. The van der Waals surface area contributed by atoms with Crippen molar-refractivity contribution in [2.75, 3.05) is 0 Å². The summed E-state index contributed by atoms with van der Waals surface area (Å²) in [5.41, 5.74) is 2.00. The monoisotopic (exact) mass is 269 g/mol. The van der Waals surface area contributed by atoms with Crippen molar-refractivity contribution in [2.24, 2.45) is 0 Å². The molecule has 0 aliphatic heterocycles. The molecule has 1 aromatic heterocycles. The summed E-state index contributed by atoms with van der Waals surface area (Å²) < 4.78 is 1.83. The molecule has 0 fully saturated rings. The predicted octanol–water partition coefficient (Wildman–Crippen LogP) is 3.67. The largest absolute Gasteiger partial charge is 0.213 e. The van der Waals surface area contributed by atoms with Gasteiger partial charge in [-0.25, -0.2) is 9.67 Å². The van der Waals surface area contributed by atoms with Crippen molar-refractivity contribution in [3.8, 4) is 17.1 Å². The fourth-order valence-electron chi connectivity index (χ4n) is 1.93. The first-order chi connectivity index (χ1) is 9.38. The summed E-state index contributed by atoms with van der Waals surface area (Å²) in [7, 11) is 0. The minimum atomic E-state index is 0.305. The summed E-state index contributed by atoms with van der Waals surface area (Å²) in [6, 6.07) is 19.9. The van der Waals surface area contributed by atoms with E-state index in [1.165, 1.54) is 0 Å². The van der Waals surface area contributed by atoms with Crippen LogP contribution in [0.1, 0.15) is 5.82 Å². The zero-order valence-corrected chi connectivity index (χ0v) is 11.0. The predicted molar refractivity (Wildman–Crippen MR) is 76.4 cm³/mol. The molecule has 4 heteroatoms. The van der Waals surface area contributed by atoms with Crippen LogP contribution in [0, 0.1) is 0 Å². The summed E-state index contributed by atoms with van der Waals surface area (Å²) in [4.78, 5) is 4.50. The maximum absolute atomic E-state index is 5.85. The number of nitrogens with zero attached hydrogens (tertiary/aromatic N) is 3. The van der Waals surface area contributed by atoms with E-state index in [2.05, 4.69) is 10.1 Å². The van der Waals surface area contributed by atoms with Crippen molar-refractivity contribution in [3.05, 3.63) is 66.5 Å². The van der Waals surface area contributed by atoms with E-state index >= 15 is 0 Å². The van der Waals surface area contributed by atoms with Gasteiger partial charge in [0.2, 0.25) is 0 Å². The molecule has 0 unspecified atom stereocenters. The van der Waals surface area contributed by atoms with Crippen LogP contribution in [0.3, 0.4) is 0 Å². The highest BCUT2D eigenvalue weighted by Crippen LogP contribution is 2.21. The van der Waals surface area contributed by atoms with Crippen molar-refractivity contribution in [1.82, 2.24) is 14.8 Å². The highest BCUT2D eigenvalue weighted by atomic mass is 35.5. The third-order valence-corrected chi connectivity index (χ3v) is 3.04. The van der Waals surface area contributed by atoms with E-state index in [0.717, 1.165) is 17.1 Å². The molecule has 3 rings (SSSR count). The van der Waals surface area contributed by atoms with Crippen LogP contribution in [0.15, 0.2) is 60.7 Å². The fourth-order valence-corrected chi connectivity index (χ4v) is 2.05. The molecular weight excluding hydrogens is 258 g/mol. The lowest BCUT2D eigenvalue weighted by Gasteiger charge is -2.05. The molecule has 2 aromatic carbocycles. The quantitative estimate of drug-likeness (QED) is 0.679. The molecule has 0 radical (unpaired) electrons.